The molecular formula is C24H36O6. The standard InChI is InChI=1S/C24H36O6/c1-13(2)17-8-10-23(6,29-15(4)25)21-19-12-14(3)18(27)9-11-24(7,30-16(5)26)22(28-19)20(17)21/h12-13,17,19-22H,8-11H2,1-7H3/b14-12-/t17-,19-,20-,21-,22-,23-,24-/m1/s1. The fourth-order valence-corrected chi connectivity index (χ4v) is 6.21. The van der Waals surface area contributed by atoms with Crippen molar-refractivity contribution in [3.05, 3.63) is 11.6 Å². The topological polar surface area (TPSA) is 78.9 Å². The summed E-state index contributed by atoms with van der Waals surface area (Å²) in [5.74, 6) is 0.0301. The van der Waals surface area contributed by atoms with Crippen molar-refractivity contribution in [3.63, 3.8) is 0 Å². The first kappa shape index (κ1) is 23.0. The Morgan fingerprint density at radius 1 is 1.10 bits per heavy atom. The van der Waals surface area contributed by atoms with Crippen LogP contribution in [0.1, 0.15) is 74.1 Å². The van der Waals surface area contributed by atoms with Crippen molar-refractivity contribution >= 4 is 17.7 Å². The van der Waals surface area contributed by atoms with E-state index in [2.05, 4.69) is 13.8 Å². The van der Waals surface area contributed by atoms with E-state index in [4.69, 9.17) is 14.2 Å². The van der Waals surface area contributed by atoms with Gasteiger partial charge in [-0.25, -0.2) is 0 Å². The molecular weight excluding hydrogens is 384 g/mol. The van der Waals surface area contributed by atoms with Crippen LogP contribution in [0.2, 0.25) is 0 Å². The average molecular weight is 421 g/mol. The highest BCUT2D eigenvalue weighted by atomic mass is 16.6. The van der Waals surface area contributed by atoms with Crippen LogP contribution in [0, 0.1) is 23.7 Å². The van der Waals surface area contributed by atoms with Gasteiger partial charge in [-0.3, -0.25) is 14.4 Å². The minimum atomic E-state index is -0.917. The molecule has 1 saturated carbocycles. The van der Waals surface area contributed by atoms with E-state index in [1.54, 1.807) is 0 Å². The highest BCUT2D eigenvalue weighted by Crippen LogP contribution is 2.57. The molecule has 2 fully saturated rings. The van der Waals surface area contributed by atoms with Crippen molar-refractivity contribution < 1.29 is 28.6 Å². The molecule has 6 nitrogen and oxygen atoms in total. The normalized spacial score (nSPS) is 43.0. The maximum absolute atomic E-state index is 12.7. The number of allylic oxidation sites excluding steroid dienone is 1. The van der Waals surface area contributed by atoms with Crippen molar-refractivity contribution in [2.45, 2.75) is 97.6 Å². The number of ketones is 1. The van der Waals surface area contributed by atoms with Crippen LogP contribution in [-0.2, 0) is 28.6 Å². The van der Waals surface area contributed by atoms with Gasteiger partial charge in [-0.2, -0.15) is 0 Å². The van der Waals surface area contributed by atoms with Crippen molar-refractivity contribution in [1.29, 1.82) is 0 Å². The van der Waals surface area contributed by atoms with Gasteiger partial charge in [0.05, 0.1) is 6.10 Å². The van der Waals surface area contributed by atoms with Gasteiger partial charge >= 0.3 is 11.9 Å². The number of Topliss-reactive ketones (excluding diaryl/α,β-unsaturated/α-hetero) is 1. The van der Waals surface area contributed by atoms with Crippen molar-refractivity contribution in [2.24, 2.45) is 23.7 Å². The van der Waals surface area contributed by atoms with Crippen molar-refractivity contribution in [3.8, 4) is 0 Å². The van der Waals surface area contributed by atoms with Gasteiger partial charge in [0.25, 0.3) is 0 Å². The number of carbonyl (C=O) groups excluding carboxylic acids is 3. The third-order valence-electron chi connectivity index (χ3n) is 7.51. The van der Waals surface area contributed by atoms with Gasteiger partial charge in [-0.05, 0) is 63.5 Å². The van der Waals surface area contributed by atoms with Gasteiger partial charge in [0.15, 0.2) is 5.78 Å². The molecule has 0 N–H and O–H groups in total. The first-order valence-corrected chi connectivity index (χ1v) is 11.1. The van der Waals surface area contributed by atoms with E-state index in [9.17, 15) is 14.4 Å². The molecule has 0 unspecified atom stereocenters. The molecule has 2 aliphatic heterocycles. The van der Waals surface area contributed by atoms with Crippen LogP contribution in [0.15, 0.2) is 11.6 Å². The maximum Gasteiger partial charge on any atom is 0.303 e. The summed E-state index contributed by atoms with van der Waals surface area (Å²) < 4.78 is 18.4. The summed E-state index contributed by atoms with van der Waals surface area (Å²) in [6, 6.07) is 0. The number of esters is 2. The fourth-order valence-electron chi connectivity index (χ4n) is 6.21. The van der Waals surface area contributed by atoms with Crippen LogP contribution < -0.4 is 0 Å². The third-order valence-corrected chi connectivity index (χ3v) is 7.51. The first-order valence-electron chi connectivity index (χ1n) is 11.1. The smallest absolute Gasteiger partial charge is 0.303 e. The maximum atomic E-state index is 12.7. The Kier molecular flexibility index (Phi) is 6.21. The molecule has 3 aliphatic rings. The molecule has 0 amide bonds. The number of hydrogen-bond acceptors (Lipinski definition) is 6. The van der Waals surface area contributed by atoms with E-state index < -0.39 is 11.2 Å². The molecule has 168 valence electrons. The first-order chi connectivity index (χ1) is 13.9. The molecule has 6 heteroatoms. The lowest BCUT2D eigenvalue weighted by Gasteiger charge is -2.50. The second kappa shape index (κ2) is 8.10. The lowest BCUT2D eigenvalue weighted by atomic mass is 9.58. The van der Waals surface area contributed by atoms with Crippen LogP contribution in [-0.4, -0.2) is 41.1 Å². The van der Waals surface area contributed by atoms with E-state index in [0.29, 0.717) is 30.3 Å². The van der Waals surface area contributed by atoms with Crippen molar-refractivity contribution in [2.75, 3.05) is 0 Å². The third kappa shape index (κ3) is 4.08. The predicted molar refractivity (Wildman–Crippen MR) is 112 cm³/mol. The molecule has 30 heavy (non-hydrogen) atoms. The summed E-state index contributed by atoms with van der Waals surface area (Å²) in [6.07, 6.45) is 3.54. The summed E-state index contributed by atoms with van der Waals surface area (Å²) in [4.78, 5) is 36.7. The van der Waals surface area contributed by atoms with Gasteiger partial charge in [-0.1, -0.05) is 13.8 Å². The Morgan fingerprint density at radius 2 is 1.70 bits per heavy atom. The monoisotopic (exact) mass is 420 g/mol. The second-order valence-corrected chi connectivity index (χ2v) is 10.2. The Balaban J connectivity index is 2.17. The van der Waals surface area contributed by atoms with E-state index in [-0.39, 0.29) is 41.8 Å². The van der Waals surface area contributed by atoms with E-state index in [0.717, 1.165) is 12.8 Å². The van der Waals surface area contributed by atoms with Crippen LogP contribution in [0.4, 0.5) is 0 Å². The molecule has 0 aromatic heterocycles. The Labute approximate surface area is 179 Å². The molecule has 0 aromatic rings. The molecule has 1 saturated heterocycles. The zero-order valence-electron chi connectivity index (χ0n) is 19.3. The molecule has 1 aliphatic carbocycles. The number of carbonyl (C=O) groups is 3. The predicted octanol–water partition coefficient (Wildman–Crippen LogP) is 4.01. The minimum absolute atomic E-state index is 0.0338. The zero-order valence-corrected chi connectivity index (χ0v) is 19.3. The van der Waals surface area contributed by atoms with Crippen molar-refractivity contribution in [1.82, 2.24) is 0 Å². The summed E-state index contributed by atoms with van der Waals surface area (Å²) in [7, 11) is 0. The largest absolute Gasteiger partial charge is 0.459 e. The van der Waals surface area contributed by atoms with Crippen LogP contribution in [0.25, 0.3) is 0 Å². The molecule has 0 spiro atoms. The quantitative estimate of drug-likeness (QED) is 0.642. The number of hydrogen-bond donors (Lipinski definition) is 0. The number of ether oxygens (including phenoxy) is 3. The lowest BCUT2D eigenvalue weighted by molar-refractivity contribution is -0.181. The van der Waals surface area contributed by atoms with Gasteiger partial charge in [0.1, 0.15) is 17.3 Å². The SMILES string of the molecule is CC(=O)O[C@]1(C)CC[C@H](C(C)C)[C@@H]2[C@H]1[C@H]1/C=C(/C)C(=O)CC[C@@](C)(OC(C)=O)[C@@H]2O1. The molecule has 2 bridgehead atoms. The number of fused-ring (bicyclic) bond motifs is 5. The zero-order chi connectivity index (χ0) is 22.4. The average Bonchev–Trinajstić information content (AvgIpc) is 3.00. The van der Waals surface area contributed by atoms with Crippen LogP contribution >= 0.6 is 0 Å². The summed E-state index contributed by atoms with van der Waals surface area (Å²) in [5.41, 5.74) is -0.959. The van der Waals surface area contributed by atoms with E-state index >= 15 is 0 Å². The summed E-state index contributed by atoms with van der Waals surface area (Å²) >= 11 is 0. The van der Waals surface area contributed by atoms with E-state index in [1.165, 1.54) is 13.8 Å². The molecule has 2 heterocycles. The Morgan fingerprint density at radius 3 is 2.27 bits per heavy atom. The molecule has 0 aromatic carbocycles. The minimum Gasteiger partial charge on any atom is -0.459 e. The van der Waals surface area contributed by atoms with Gasteiger partial charge in [0.2, 0.25) is 0 Å². The molecule has 7 atom stereocenters. The molecule has 3 rings (SSSR count). The Bertz CT molecular complexity index is 755. The second-order valence-electron chi connectivity index (χ2n) is 10.2. The van der Waals surface area contributed by atoms with Gasteiger partial charge in [0, 0.05) is 32.1 Å². The van der Waals surface area contributed by atoms with Crippen LogP contribution in [0.3, 0.4) is 0 Å². The van der Waals surface area contributed by atoms with Gasteiger partial charge in [-0.15, -0.1) is 0 Å². The van der Waals surface area contributed by atoms with E-state index in [1.807, 2.05) is 26.8 Å². The summed E-state index contributed by atoms with van der Waals surface area (Å²) in [6.45, 7) is 12.9. The van der Waals surface area contributed by atoms with Crippen LogP contribution in [0.5, 0.6) is 0 Å². The lowest BCUT2D eigenvalue weighted by Crippen LogP contribution is -2.56. The highest BCUT2D eigenvalue weighted by molar-refractivity contribution is 5.94. The van der Waals surface area contributed by atoms with Gasteiger partial charge < -0.3 is 14.2 Å². The number of rotatable bonds is 3. The fraction of sp³-hybridized carbons (Fsp3) is 0.792. The highest BCUT2D eigenvalue weighted by Gasteiger charge is 2.63. The summed E-state index contributed by atoms with van der Waals surface area (Å²) in [5, 5.41) is 0. The molecule has 0 radical (unpaired) electrons. The Hall–Kier alpha value is -1.69.